The first kappa shape index (κ1) is 19.8. The van der Waals surface area contributed by atoms with Crippen LogP contribution in [-0.4, -0.2) is 91.3 Å². The van der Waals surface area contributed by atoms with Gasteiger partial charge in [0.25, 0.3) is 0 Å². The van der Waals surface area contributed by atoms with Crippen LogP contribution < -0.4 is 0 Å². The quantitative estimate of drug-likeness (QED) is 0.717. The van der Waals surface area contributed by atoms with Crippen LogP contribution in [0.25, 0.3) is 10.2 Å². The summed E-state index contributed by atoms with van der Waals surface area (Å²) >= 11 is 1.73. The van der Waals surface area contributed by atoms with Crippen molar-refractivity contribution in [3.05, 3.63) is 29.3 Å². The van der Waals surface area contributed by atoms with E-state index in [9.17, 15) is 13.2 Å². The summed E-state index contributed by atoms with van der Waals surface area (Å²) in [5, 5.41) is 1.11. The average Bonchev–Trinajstić information content (AvgIpc) is 3.24. The predicted octanol–water partition coefficient (Wildman–Crippen LogP) is 1.06. The number of rotatable bonds is 5. The van der Waals surface area contributed by atoms with E-state index < -0.39 is 9.84 Å². The molecule has 9 heteroatoms. The molecule has 1 atom stereocenters. The van der Waals surface area contributed by atoms with Crippen molar-refractivity contribution in [1.29, 1.82) is 0 Å². The van der Waals surface area contributed by atoms with Crippen LogP contribution in [0.4, 0.5) is 0 Å². The van der Waals surface area contributed by atoms with Gasteiger partial charge in [0.05, 0.1) is 34.8 Å². The molecule has 28 heavy (non-hydrogen) atoms. The fourth-order valence-electron chi connectivity index (χ4n) is 3.90. The van der Waals surface area contributed by atoms with E-state index >= 15 is 0 Å². The summed E-state index contributed by atoms with van der Waals surface area (Å²) in [6, 6.07) is 8.15. The van der Waals surface area contributed by atoms with E-state index in [4.69, 9.17) is 4.98 Å². The van der Waals surface area contributed by atoms with Crippen LogP contribution >= 0.6 is 11.3 Å². The smallest absolute Gasteiger partial charge is 0.236 e. The number of carbonyl (C=O) groups excluding carboxylic acids is 1. The first-order valence-corrected chi connectivity index (χ1v) is 12.3. The van der Waals surface area contributed by atoms with Crippen LogP contribution in [0.15, 0.2) is 24.3 Å². The number of nitrogens with zero attached hydrogens (tertiary/aromatic N) is 4. The minimum Gasteiger partial charge on any atom is -0.339 e. The van der Waals surface area contributed by atoms with Crippen molar-refractivity contribution in [2.24, 2.45) is 0 Å². The summed E-state index contributed by atoms with van der Waals surface area (Å²) in [7, 11) is -1.07. The summed E-state index contributed by atoms with van der Waals surface area (Å²) in [5.41, 5.74) is 1.05. The molecule has 2 aliphatic heterocycles. The highest BCUT2D eigenvalue weighted by atomic mass is 32.2. The molecule has 1 aromatic heterocycles. The van der Waals surface area contributed by atoms with Crippen molar-refractivity contribution in [3.63, 3.8) is 0 Å². The summed E-state index contributed by atoms with van der Waals surface area (Å²) < 4.78 is 24.5. The maximum absolute atomic E-state index is 12.6. The van der Waals surface area contributed by atoms with Gasteiger partial charge in [-0.25, -0.2) is 13.4 Å². The lowest BCUT2D eigenvalue weighted by molar-refractivity contribution is -0.134. The second kappa shape index (κ2) is 8.06. The SMILES string of the molecule is CN(CC(=O)N1CCN(Cc2nc3ccccc3s2)CC1)C1CCS(=O)(=O)C1. The lowest BCUT2D eigenvalue weighted by atomic mass is 10.2. The van der Waals surface area contributed by atoms with Gasteiger partial charge in [-0.3, -0.25) is 14.6 Å². The molecule has 0 bridgehead atoms. The zero-order valence-corrected chi connectivity index (χ0v) is 17.7. The molecular formula is C19H26N4O3S2. The van der Waals surface area contributed by atoms with Crippen LogP contribution in [0.3, 0.4) is 0 Å². The minimum absolute atomic E-state index is 0.0331. The molecule has 1 aromatic carbocycles. The molecule has 7 nitrogen and oxygen atoms in total. The number of carbonyl (C=O) groups is 1. The van der Waals surface area contributed by atoms with Crippen LogP contribution in [0, 0.1) is 0 Å². The minimum atomic E-state index is -2.93. The Hall–Kier alpha value is -1.55. The van der Waals surface area contributed by atoms with Gasteiger partial charge in [0.15, 0.2) is 9.84 Å². The Morgan fingerprint density at radius 1 is 1.25 bits per heavy atom. The molecule has 0 radical (unpaired) electrons. The van der Waals surface area contributed by atoms with Crippen molar-refractivity contribution in [2.45, 2.75) is 19.0 Å². The van der Waals surface area contributed by atoms with Crippen LogP contribution in [-0.2, 0) is 21.2 Å². The molecule has 2 aliphatic rings. The van der Waals surface area contributed by atoms with Gasteiger partial charge in [-0.05, 0) is 25.6 Å². The largest absolute Gasteiger partial charge is 0.339 e. The number of benzene rings is 1. The zero-order chi connectivity index (χ0) is 19.7. The average molecular weight is 423 g/mol. The Kier molecular flexibility index (Phi) is 5.69. The molecule has 1 amide bonds. The van der Waals surface area contributed by atoms with E-state index in [-0.39, 0.29) is 30.0 Å². The number of likely N-dealkylation sites (N-methyl/N-ethyl adjacent to an activating group) is 1. The number of para-hydroxylation sites is 1. The van der Waals surface area contributed by atoms with Gasteiger partial charge in [-0.2, -0.15) is 0 Å². The number of hydrogen-bond donors (Lipinski definition) is 0. The van der Waals surface area contributed by atoms with Crippen LogP contribution in [0.2, 0.25) is 0 Å². The maximum Gasteiger partial charge on any atom is 0.236 e. The lowest BCUT2D eigenvalue weighted by Crippen LogP contribution is -2.51. The normalized spacial score (nSPS) is 22.9. The van der Waals surface area contributed by atoms with Gasteiger partial charge in [0, 0.05) is 32.2 Å². The molecule has 3 heterocycles. The molecule has 152 valence electrons. The van der Waals surface area contributed by atoms with Crippen LogP contribution in [0.1, 0.15) is 11.4 Å². The highest BCUT2D eigenvalue weighted by Crippen LogP contribution is 2.23. The van der Waals surface area contributed by atoms with Gasteiger partial charge in [0.1, 0.15) is 5.01 Å². The fourth-order valence-corrected chi connectivity index (χ4v) is 6.71. The number of thiazole rings is 1. The molecule has 4 rings (SSSR count). The van der Waals surface area contributed by atoms with Crippen LogP contribution in [0.5, 0.6) is 0 Å². The van der Waals surface area contributed by atoms with Gasteiger partial charge in [0.2, 0.25) is 5.91 Å². The van der Waals surface area contributed by atoms with E-state index in [2.05, 4.69) is 11.0 Å². The van der Waals surface area contributed by atoms with Gasteiger partial charge in [-0.15, -0.1) is 11.3 Å². The highest BCUT2D eigenvalue weighted by molar-refractivity contribution is 7.91. The summed E-state index contributed by atoms with van der Waals surface area (Å²) in [6.45, 7) is 4.20. The Bertz CT molecular complexity index is 918. The number of piperazine rings is 1. The molecule has 0 aliphatic carbocycles. The Morgan fingerprint density at radius 3 is 2.68 bits per heavy atom. The van der Waals surface area contributed by atoms with Crippen molar-refractivity contribution >= 4 is 37.3 Å². The van der Waals surface area contributed by atoms with E-state index in [0.29, 0.717) is 19.5 Å². The first-order valence-electron chi connectivity index (χ1n) is 9.65. The molecule has 0 spiro atoms. The molecule has 0 saturated carbocycles. The Balaban J connectivity index is 1.26. The topological polar surface area (TPSA) is 73.8 Å². The van der Waals surface area contributed by atoms with Crippen molar-refractivity contribution in [1.82, 2.24) is 19.7 Å². The fraction of sp³-hybridized carbons (Fsp3) is 0.579. The maximum atomic E-state index is 12.6. The first-order chi connectivity index (χ1) is 13.4. The second-order valence-corrected chi connectivity index (χ2v) is 11.0. The predicted molar refractivity (Wildman–Crippen MR) is 111 cm³/mol. The van der Waals surface area contributed by atoms with Gasteiger partial charge in [-0.1, -0.05) is 12.1 Å². The number of amides is 1. The third-order valence-corrected chi connectivity index (χ3v) is 8.41. The third kappa shape index (κ3) is 4.53. The van der Waals surface area contributed by atoms with Crippen molar-refractivity contribution in [3.8, 4) is 0 Å². The summed E-state index contributed by atoms with van der Waals surface area (Å²) in [6.07, 6.45) is 0.627. The van der Waals surface area contributed by atoms with E-state index in [1.54, 1.807) is 11.3 Å². The molecular weight excluding hydrogens is 396 g/mol. The van der Waals surface area contributed by atoms with E-state index in [1.807, 2.05) is 35.0 Å². The van der Waals surface area contributed by atoms with Crippen molar-refractivity contribution < 1.29 is 13.2 Å². The molecule has 0 N–H and O–H groups in total. The Morgan fingerprint density at radius 2 is 2.00 bits per heavy atom. The van der Waals surface area contributed by atoms with Crippen molar-refractivity contribution in [2.75, 3.05) is 51.3 Å². The number of sulfone groups is 1. The summed E-state index contributed by atoms with van der Waals surface area (Å²) in [5.74, 6) is 0.499. The van der Waals surface area contributed by atoms with E-state index in [1.165, 1.54) is 4.70 Å². The van der Waals surface area contributed by atoms with Gasteiger partial charge < -0.3 is 4.90 Å². The van der Waals surface area contributed by atoms with Gasteiger partial charge >= 0.3 is 0 Å². The standard InChI is InChI=1S/C19H26N4O3S2/c1-21(15-6-11-28(25,26)14-15)13-19(24)23-9-7-22(8-10-23)12-18-20-16-4-2-3-5-17(16)27-18/h2-5,15H,6-14H2,1H3. The highest BCUT2D eigenvalue weighted by Gasteiger charge is 2.32. The molecule has 2 aromatic rings. The lowest BCUT2D eigenvalue weighted by Gasteiger charge is -2.35. The van der Waals surface area contributed by atoms with E-state index in [0.717, 1.165) is 30.2 Å². The summed E-state index contributed by atoms with van der Waals surface area (Å²) in [4.78, 5) is 23.5. The molecule has 2 fully saturated rings. The second-order valence-electron chi connectivity index (χ2n) is 7.70. The number of aromatic nitrogens is 1. The third-order valence-electron chi connectivity index (χ3n) is 5.64. The zero-order valence-electron chi connectivity index (χ0n) is 16.1. The number of fused-ring (bicyclic) bond motifs is 1. The monoisotopic (exact) mass is 422 g/mol. The molecule has 2 saturated heterocycles. The number of hydrogen-bond acceptors (Lipinski definition) is 7. The molecule has 1 unspecified atom stereocenters. The Labute approximate surface area is 169 Å².